The summed E-state index contributed by atoms with van der Waals surface area (Å²) in [6, 6.07) is 0. The van der Waals surface area contributed by atoms with Gasteiger partial charge in [-0.2, -0.15) is 11.8 Å². The quantitative estimate of drug-likeness (QED) is 0.352. The van der Waals surface area contributed by atoms with Gasteiger partial charge >= 0.3 is 46.1 Å². The molecule has 0 amide bonds. The van der Waals surface area contributed by atoms with Crippen LogP contribution in [0.1, 0.15) is 46.0 Å². The molecule has 0 aromatic carbocycles. The molecule has 0 N–H and O–H groups in total. The first kappa shape index (κ1) is 30.5. The van der Waals surface area contributed by atoms with Crippen LogP contribution in [0.2, 0.25) is 0 Å². The zero-order valence-corrected chi connectivity index (χ0v) is 16.3. The fraction of sp³-hybridized carbons (Fsp3) is 0.818. The van der Waals surface area contributed by atoms with Gasteiger partial charge in [0.1, 0.15) is 0 Å². The Hall–Kier alpha value is 2.49. The van der Waals surface area contributed by atoms with Crippen LogP contribution in [-0.2, 0) is 0 Å². The Morgan fingerprint density at radius 3 is 1.27 bits per heavy atom. The first-order valence-electron chi connectivity index (χ1n) is 4.86. The molecule has 0 fully saturated rings. The molecule has 0 nitrogen and oxygen atoms in total. The minimum atomic E-state index is 0. The van der Waals surface area contributed by atoms with Gasteiger partial charge in [-0.05, 0) is 0 Å². The van der Waals surface area contributed by atoms with Gasteiger partial charge in [0.2, 0.25) is 0 Å². The minimum absolute atomic E-state index is 0. The first-order valence-corrected chi connectivity index (χ1v) is 4.86. The molecule has 0 radical (unpaired) electrons. The molecule has 2 unspecified atom stereocenters. The molecular weight excluding hydrogens is 341 g/mol. The van der Waals surface area contributed by atoms with E-state index in [1.807, 2.05) is 0 Å². The van der Waals surface area contributed by atoms with Crippen molar-refractivity contribution < 1.29 is 34.0 Å². The van der Waals surface area contributed by atoms with Crippen molar-refractivity contribution in [3.8, 4) is 0 Å². The normalized spacial score (nSPS) is 12.0. The summed E-state index contributed by atoms with van der Waals surface area (Å²) >= 11 is 0. The Balaban J connectivity index is -0.0000000833. The van der Waals surface area contributed by atoms with Crippen LogP contribution in [0.5, 0.6) is 0 Å². The van der Waals surface area contributed by atoms with E-state index in [-0.39, 0.29) is 80.1 Å². The van der Waals surface area contributed by atoms with Gasteiger partial charge < -0.3 is 47.8 Å². The van der Waals surface area contributed by atoms with E-state index >= 15 is 0 Å². The van der Waals surface area contributed by atoms with Crippen LogP contribution >= 0.6 is 0 Å². The molecule has 0 rings (SSSR count). The summed E-state index contributed by atoms with van der Waals surface area (Å²) in [5, 5.41) is 0. The van der Waals surface area contributed by atoms with Gasteiger partial charge in [-0.15, -0.1) is 0 Å². The first-order chi connectivity index (χ1) is 5.20. The maximum atomic E-state index is 4.06. The van der Waals surface area contributed by atoms with Gasteiger partial charge in [-0.3, -0.25) is 0 Å². The molecular formula is C11H22Br2Mg2. The fourth-order valence-electron chi connectivity index (χ4n) is 1.10. The largest absolute Gasteiger partial charge is 2.00 e. The van der Waals surface area contributed by atoms with E-state index in [0.29, 0.717) is 11.8 Å². The number of rotatable bonds is 6. The van der Waals surface area contributed by atoms with Gasteiger partial charge in [0, 0.05) is 0 Å². The maximum Gasteiger partial charge on any atom is 2.00 e. The molecule has 0 bridgehead atoms. The van der Waals surface area contributed by atoms with Crippen molar-refractivity contribution in [2.75, 3.05) is 0 Å². The summed E-state index contributed by atoms with van der Waals surface area (Å²) in [5.74, 6) is 1.33. The summed E-state index contributed by atoms with van der Waals surface area (Å²) in [4.78, 5) is 0. The van der Waals surface area contributed by atoms with Crippen molar-refractivity contribution in [3.05, 3.63) is 13.8 Å². The van der Waals surface area contributed by atoms with Crippen LogP contribution in [0.25, 0.3) is 0 Å². The van der Waals surface area contributed by atoms with Crippen molar-refractivity contribution >= 4 is 46.1 Å². The van der Waals surface area contributed by atoms with Gasteiger partial charge in [0.05, 0.1) is 0 Å². The van der Waals surface area contributed by atoms with Crippen LogP contribution < -0.4 is 34.0 Å². The topological polar surface area (TPSA) is 0 Å². The molecule has 0 saturated heterocycles. The molecule has 0 aliphatic carbocycles. The Morgan fingerprint density at radius 2 is 1.07 bits per heavy atom. The van der Waals surface area contributed by atoms with E-state index < -0.39 is 0 Å². The van der Waals surface area contributed by atoms with Crippen molar-refractivity contribution in [1.29, 1.82) is 0 Å². The second-order valence-corrected chi connectivity index (χ2v) is 3.48. The predicted molar refractivity (Wildman–Crippen MR) is 63.6 cm³/mol. The van der Waals surface area contributed by atoms with Crippen LogP contribution in [0, 0.1) is 25.7 Å². The van der Waals surface area contributed by atoms with E-state index in [1.54, 1.807) is 0 Å². The molecule has 0 heterocycles. The second kappa shape index (κ2) is 21.7. The average molecular weight is 363 g/mol. The summed E-state index contributed by atoms with van der Waals surface area (Å²) in [7, 11) is 0. The van der Waals surface area contributed by atoms with Gasteiger partial charge in [0.25, 0.3) is 0 Å². The van der Waals surface area contributed by atoms with Gasteiger partial charge in [0.15, 0.2) is 0 Å². The van der Waals surface area contributed by atoms with Gasteiger partial charge in [-0.25, -0.2) is 0 Å². The van der Waals surface area contributed by atoms with Crippen molar-refractivity contribution in [2.45, 2.75) is 46.0 Å². The minimum Gasteiger partial charge on any atom is -1.00 e. The molecule has 84 valence electrons. The molecule has 0 saturated carbocycles. The third kappa shape index (κ3) is 22.2. The van der Waals surface area contributed by atoms with Crippen LogP contribution in [0.3, 0.4) is 0 Å². The average Bonchev–Trinajstić information content (AvgIpc) is 2.04. The zero-order valence-electron chi connectivity index (χ0n) is 10.3. The molecule has 15 heavy (non-hydrogen) atoms. The summed E-state index contributed by atoms with van der Waals surface area (Å²) in [5.41, 5.74) is 0. The van der Waals surface area contributed by atoms with Gasteiger partial charge in [-0.1, -0.05) is 46.0 Å². The molecule has 0 aliphatic rings. The molecule has 0 aromatic heterocycles. The molecule has 2 atom stereocenters. The zero-order chi connectivity index (χ0) is 8.69. The monoisotopic (exact) mass is 360 g/mol. The summed E-state index contributed by atoms with van der Waals surface area (Å²) in [6.45, 7) is 12.5. The third-order valence-electron chi connectivity index (χ3n) is 2.38. The van der Waals surface area contributed by atoms with E-state index in [4.69, 9.17) is 0 Å². The number of hydrogen-bond donors (Lipinski definition) is 0. The third-order valence-corrected chi connectivity index (χ3v) is 2.38. The second-order valence-electron chi connectivity index (χ2n) is 3.48. The smallest absolute Gasteiger partial charge is 1.00 e. The summed E-state index contributed by atoms with van der Waals surface area (Å²) in [6.07, 6.45) is 6.30. The van der Waals surface area contributed by atoms with E-state index in [0.717, 1.165) is 0 Å². The number of hydrogen-bond acceptors (Lipinski definition) is 0. The van der Waals surface area contributed by atoms with Crippen molar-refractivity contribution in [1.82, 2.24) is 0 Å². The molecule has 0 aliphatic heterocycles. The standard InChI is InChI=1S/C11H22.2BrH.2Mg/c1-5-10(3)8-7-9-11(4)6-2;;;;/h10-11H,3-9H2,1-2H3;2*1H;;/q-2;;;2*+2/p-2. The van der Waals surface area contributed by atoms with E-state index in [2.05, 4.69) is 27.7 Å². The molecule has 4 heteroatoms. The number of halogens is 2. The SMILES string of the molecule is [Br-].[Br-].[CH2-]C(CC)CCCC([CH2-])CC.[Mg+2].[Mg+2]. The maximum absolute atomic E-state index is 4.06. The van der Waals surface area contributed by atoms with Crippen LogP contribution in [-0.4, -0.2) is 46.1 Å². The molecule has 0 spiro atoms. The Morgan fingerprint density at radius 1 is 0.800 bits per heavy atom. The Kier molecular flexibility index (Phi) is 44.2. The predicted octanol–water partition coefficient (Wildman–Crippen LogP) is -2.88. The van der Waals surface area contributed by atoms with Crippen LogP contribution in [0.15, 0.2) is 0 Å². The van der Waals surface area contributed by atoms with E-state index in [9.17, 15) is 0 Å². The van der Waals surface area contributed by atoms with Crippen molar-refractivity contribution in [3.63, 3.8) is 0 Å². The Labute approximate surface area is 150 Å². The van der Waals surface area contributed by atoms with Crippen molar-refractivity contribution in [2.24, 2.45) is 11.8 Å². The molecule has 0 aromatic rings. The van der Waals surface area contributed by atoms with E-state index in [1.165, 1.54) is 32.1 Å². The Bertz CT molecular complexity index is 82.7. The van der Waals surface area contributed by atoms with Crippen LogP contribution in [0.4, 0.5) is 0 Å². The summed E-state index contributed by atoms with van der Waals surface area (Å²) < 4.78 is 0. The fourth-order valence-corrected chi connectivity index (χ4v) is 1.10.